The van der Waals surface area contributed by atoms with Crippen LogP contribution in [-0.4, -0.2) is 30.1 Å². The van der Waals surface area contributed by atoms with Crippen molar-refractivity contribution in [1.82, 2.24) is 4.90 Å². The van der Waals surface area contributed by atoms with E-state index in [0.29, 0.717) is 11.5 Å². The molecule has 2 nitrogen and oxygen atoms in total. The Balaban J connectivity index is 1.89. The highest BCUT2D eigenvalue weighted by atomic mass is 19.1. The van der Waals surface area contributed by atoms with E-state index in [1.54, 1.807) is 0 Å². The maximum Gasteiger partial charge on any atom is 0.123 e. The van der Waals surface area contributed by atoms with Crippen LogP contribution in [0.3, 0.4) is 0 Å². The first kappa shape index (κ1) is 16.0. The number of benzene rings is 2. The Morgan fingerprint density at radius 2 is 1.83 bits per heavy atom. The van der Waals surface area contributed by atoms with E-state index >= 15 is 0 Å². The van der Waals surface area contributed by atoms with Crippen LogP contribution in [0.5, 0.6) is 5.75 Å². The molecule has 0 radical (unpaired) electrons. The van der Waals surface area contributed by atoms with Gasteiger partial charge in [-0.3, -0.25) is 0 Å². The zero-order chi connectivity index (χ0) is 16.2. The van der Waals surface area contributed by atoms with Gasteiger partial charge in [0.2, 0.25) is 0 Å². The molecule has 23 heavy (non-hydrogen) atoms. The molecule has 0 aliphatic carbocycles. The summed E-state index contributed by atoms with van der Waals surface area (Å²) in [7, 11) is 2.16. The van der Waals surface area contributed by atoms with Crippen LogP contribution in [0.25, 0.3) is 0 Å². The van der Waals surface area contributed by atoms with Gasteiger partial charge >= 0.3 is 0 Å². The molecule has 122 valence electrons. The Morgan fingerprint density at radius 3 is 2.52 bits per heavy atom. The number of phenols is 1. The van der Waals surface area contributed by atoms with Crippen molar-refractivity contribution in [2.75, 3.05) is 20.1 Å². The lowest BCUT2D eigenvalue weighted by Crippen LogP contribution is -2.30. The summed E-state index contributed by atoms with van der Waals surface area (Å²) < 4.78 is 13.7. The predicted molar refractivity (Wildman–Crippen MR) is 91.2 cm³/mol. The van der Waals surface area contributed by atoms with Crippen LogP contribution < -0.4 is 0 Å². The number of likely N-dealkylation sites (tertiary alicyclic amines) is 1. The number of hydrogen-bond acceptors (Lipinski definition) is 2. The third kappa shape index (κ3) is 3.91. The Hall–Kier alpha value is -1.87. The van der Waals surface area contributed by atoms with E-state index in [2.05, 4.69) is 24.1 Å². The van der Waals surface area contributed by atoms with E-state index < -0.39 is 0 Å². The van der Waals surface area contributed by atoms with E-state index in [1.807, 2.05) is 18.2 Å². The highest BCUT2D eigenvalue weighted by Gasteiger charge is 2.25. The molecule has 1 heterocycles. The second kappa shape index (κ2) is 7.14. The van der Waals surface area contributed by atoms with E-state index in [1.165, 1.54) is 18.2 Å². The van der Waals surface area contributed by atoms with Gasteiger partial charge in [-0.2, -0.15) is 0 Å². The minimum atomic E-state index is -0.290. The summed E-state index contributed by atoms with van der Waals surface area (Å²) in [5, 5.41) is 10.3. The standard InChI is InChI=1S/C20H24FNO/c1-22-11-9-15(10-12-22)13-18(16-5-3-2-4-6-16)19-14-17(21)7-8-20(19)23/h2-8,14-15,18,23H,9-13H2,1H3. The van der Waals surface area contributed by atoms with Crippen LogP contribution in [0.4, 0.5) is 4.39 Å². The summed E-state index contributed by atoms with van der Waals surface area (Å²) >= 11 is 0. The lowest BCUT2D eigenvalue weighted by Gasteiger charge is -2.32. The van der Waals surface area contributed by atoms with Crippen LogP contribution in [0.2, 0.25) is 0 Å². The molecular weight excluding hydrogens is 289 g/mol. The minimum absolute atomic E-state index is 0.0420. The lowest BCUT2D eigenvalue weighted by atomic mass is 9.80. The Bertz CT molecular complexity index is 635. The average molecular weight is 313 g/mol. The van der Waals surface area contributed by atoms with Crippen LogP contribution in [0.15, 0.2) is 48.5 Å². The second-order valence-electron chi connectivity index (χ2n) is 6.65. The molecule has 0 amide bonds. The molecule has 1 aliphatic heterocycles. The van der Waals surface area contributed by atoms with Crippen molar-refractivity contribution in [3.05, 3.63) is 65.5 Å². The van der Waals surface area contributed by atoms with Crippen molar-refractivity contribution in [3.63, 3.8) is 0 Å². The summed E-state index contributed by atoms with van der Waals surface area (Å²) in [4.78, 5) is 2.35. The third-order valence-electron chi connectivity index (χ3n) is 4.97. The quantitative estimate of drug-likeness (QED) is 0.904. The number of hydrogen-bond donors (Lipinski definition) is 1. The van der Waals surface area contributed by atoms with Gasteiger partial charge in [0.25, 0.3) is 0 Å². The molecular formula is C20H24FNO. The molecule has 1 saturated heterocycles. The Kier molecular flexibility index (Phi) is 4.97. The Labute approximate surface area is 137 Å². The lowest BCUT2D eigenvalue weighted by molar-refractivity contribution is 0.208. The topological polar surface area (TPSA) is 23.5 Å². The van der Waals surface area contributed by atoms with Crippen molar-refractivity contribution in [2.24, 2.45) is 5.92 Å². The van der Waals surface area contributed by atoms with Crippen LogP contribution in [0, 0.1) is 11.7 Å². The first-order valence-corrected chi connectivity index (χ1v) is 8.35. The molecule has 1 unspecified atom stereocenters. The van der Waals surface area contributed by atoms with Gasteiger partial charge in [0.05, 0.1) is 0 Å². The number of rotatable bonds is 4. The summed E-state index contributed by atoms with van der Waals surface area (Å²) in [5.41, 5.74) is 1.85. The van der Waals surface area contributed by atoms with E-state index in [9.17, 15) is 9.50 Å². The molecule has 0 aromatic heterocycles. The molecule has 2 aromatic carbocycles. The van der Waals surface area contributed by atoms with Crippen LogP contribution in [-0.2, 0) is 0 Å². The van der Waals surface area contributed by atoms with Crippen molar-refractivity contribution in [1.29, 1.82) is 0 Å². The van der Waals surface area contributed by atoms with Gasteiger partial charge in [-0.1, -0.05) is 30.3 Å². The molecule has 1 fully saturated rings. The molecule has 3 heteroatoms. The van der Waals surface area contributed by atoms with Crippen molar-refractivity contribution in [3.8, 4) is 5.75 Å². The van der Waals surface area contributed by atoms with Crippen molar-refractivity contribution in [2.45, 2.75) is 25.2 Å². The second-order valence-corrected chi connectivity index (χ2v) is 6.65. The highest BCUT2D eigenvalue weighted by Crippen LogP contribution is 2.38. The van der Waals surface area contributed by atoms with Gasteiger partial charge in [-0.15, -0.1) is 0 Å². The molecule has 3 rings (SSSR count). The maximum absolute atomic E-state index is 13.7. The largest absolute Gasteiger partial charge is 0.508 e. The van der Waals surface area contributed by atoms with Gasteiger partial charge in [-0.05, 0) is 69.1 Å². The van der Waals surface area contributed by atoms with Gasteiger partial charge in [0, 0.05) is 11.5 Å². The number of phenolic OH excluding ortho intramolecular Hbond substituents is 1. The number of halogens is 1. The zero-order valence-electron chi connectivity index (χ0n) is 13.6. The smallest absolute Gasteiger partial charge is 0.123 e. The van der Waals surface area contributed by atoms with Gasteiger partial charge < -0.3 is 10.0 Å². The third-order valence-corrected chi connectivity index (χ3v) is 4.97. The molecule has 1 atom stereocenters. The highest BCUT2D eigenvalue weighted by molar-refractivity contribution is 5.41. The van der Waals surface area contributed by atoms with E-state index in [0.717, 1.165) is 37.9 Å². The predicted octanol–water partition coefficient (Wildman–Crippen LogP) is 4.40. The summed E-state index contributed by atoms with van der Waals surface area (Å²) in [6.07, 6.45) is 3.28. The fourth-order valence-electron chi connectivity index (χ4n) is 3.56. The minimum Gasteiger partial charge on any atom is -0.508 e. The van der Waals surface area contributed by atoms with Gasteiger partial charge in [0.1, 0.15) is 11.6 Å². The van der Waals surface area contributed by atoms with Crippen molar-refractivity contribution >= 4 is 0 Å². The number of nitrogens with zero attached hydrogens (tertiary/aromatic N) is 1. The summed E-state index contributed by atoms with van der Waals surface area (Å²) in [5.74, 6) is 0.551. The number of aromatic hydroxyl groups is 1. The molecule has 0 bridgehead atoms. The molecule has 2 aromatic rings. The van der Waals surface area contributed by atoms with Gasteiger partial charge in [0.15, 0.2) is 0 Å². The fraction of sp³-hybridized carbons (Fsp3) is 0.400. The van der Waals surface area contributed by atoms with E-state index in [4.69, 9.17) is 0 Å². The maximum atomic E-state index is 13.7. The SMILES string of the molecule is CN1CCC(CC(c2ccccc2)c2cc(F)ccc2O)CC1. The van der Waals surface area contributed by atoms with Crippen LogP contribution >= 0.6 is 0 Å². The monoisotopic (exact) mass is 313 g/mol. The van der Waals surface area contributed by atoms with Gasteiger partial charge in [-0.25, -0.2) is 4.39 Å². The zero-order valence-corrected chi connectivity index (χ0v) is 13.6. The summed E-state index contributed by atoms with van der Waals surface area (Å²) in [6.45, 7) is 2.22. The number of piperidine rings is 1. The fourth-order valence-corrected chi connectivity index (χ4v) is 3.56. The molecule has 0 saturated carbocycles. The van der Waals surface area contributed by atoms with Crippen LogP contribution in [0.1, 0.15) is 36.3 Å². The first-order chi connectivity index (χ1) is 11.1. The average Bonchev–Trinajstić information content (AvgIpc) is 2.57. The molecule has 0 spiro atoms. The normalized spacial score (nSPS) is 18.0. The molecule has 1 N–H and O–H groups in total. The Morgan fingerprint density at radius 1 is 1.13 bits per heavy atom. The molecule has 1 aliphatic rings. The summed E-state index contributed by atoms with van der Waals surface area (Å²) in [6, 6.07) is 14.4. The van der Waals surface area contributed by atoms with E-state index in [-0.39, 0.29) is 17.5 Å². The van der Waals surface area contributed by atoms with Crippen molar-refractivity contribution < 1.29 is 9.50 Å². The first-order valence-electron chi connectivity index (χ1n) is 8.35.